The summed E-state index contributed by atoms with van der Waals surface area (Å²) >= 11 is 0. The van der Waals surface area contributed by atoms with E-state index >= 15 is 0 Å². The van der Waals surface area contributed by atoms with Gasteiger partial charge in [0.15, 0.2) is 0 Å². The molecule has 0 atom stereocenters. The van der Waals surface area contributed by atoms with Crippen LogP contribution in [-0.2, 0) is 0 Å². The Bertz CT molecular complexity index is 2400. The van der Waals surface area contributed by atoms with Gasteiger partial charge in [-0.25, -0.2) is 4.98 Å². The maximum absolute atomic E-state index is 5.82. The van der Waals surface area contributed by atoms with Crippen LogP contribution in [0.5, 0.6) is 17.4 Å². The Balaban J connectivity index is 0.000000127. The SMILES string of the molecule is c1ccc(-c2cc(C3CCCCC3)[nH]n2)cc1.c1ccc(C2CCNCC2)cc1.c1ccc(N2CCNCC2)cc1.c1ccc(OC2CCNCC2)cc1.c1ccc(OC2CCNCC2)cc1.c1ccc(OC2CCNCC2)nc1. The Labute approximate surface area is 478 Å². The molecule has 426 valence electrons. The molecular formula is C68H91N9O3. The summed E-state index contributed by atoms with van der Waals surface area (Å²) in [4.78, 5) is 6.54. The van der Waals surface area contributed by atoms with Crippen molar-refractivity contribution in [1.29, 1.82) is 0 Å². The number of nitrogens with one attached hydrogen (secondary N) is 6. The average Bonchev–Trinajstić information content (AvgIpc) is 4.06. The minimum atomic E-state index is 0.344. The monoisotopic (exact) mass is 1080 g/mol. The number of rotatable bonds is 10. The molecule has 80 heavy (non-hydrogen) atoms. The van der Waals surface area contributed by atoms with E-state index in [-0.39, 0.29) is 0 Å². The number of benzene rings is 5. The summed E-state index contributed by atoms with van der Waals surface area (Å²) in [6.07, 6.45) is 18.9. The van der Waals surface area contributed by atoms with Crippen molar-refractivity contribution in [2.24, 2.45) is 0 Å². The fraction of sp³-hybridized carbons (Fsp3) is 0.441. The third kappa shape index (κ3) is 22.2. The summed E-state index contributed by atoms with van der Waals surface area (Å²) in [7, 11) is 0. The molecule has 6 N–H and O–H groups in total. The number of aromatic nitrogens is 3. The van der Waals surface area contributed by atoms with E-state index in [1.54, 1.807) is 6.20 Å². The summed E-state index contributed by atoms with van der Waals surface area (Å²) in [5.74, 6) is 4.24. The molecule has 0 radical (unpaired) electrons. The minimum absolute atomic E-state index is 0.344. The number of hydrogen-bond acceptors (Lipinski definition) is 11. The molecule has 12 heteroatoms. The second kappa shape index (κ2) is 35.9. The number of anilines is 1. The van der Waals surface area contributed by atoms with Crippen molar-refractivity contribution in [2.45, 2.75) is 114 Å². The van der Waals surface area contributed by atoms with Crippen molar-refractivity contribution in [1.82, 2.24) is 41.8 Å². The molecule has 1 saturated carbocycles. The molecule has 0 amide bonds. The third-order valence-corrected chi connectivity index (χ3v) is 15.4. The Kier molecular flexibility index (Phi) is 26.8. The number of H-pyrrole nitrogens is 1. The summed E-state index contributed by atoms with van der Waals surface area (Å²) < 4.78 is 17.3. The third-order valence-electron chi connectivity index (χ3n) is 15.4. The van der Waals surface area contributed by atoms with Crippen molar-refractivity contribution in [2.75, 3.05) is 83.4 Å². The number of piperazine rings is 1. The minimum Gasteiger partial charge on any atom is -0.490 e. The zero-order valence-electron chi connectivity index (χ0n) is 47.5. The van der Waals surface area contributed by atoms with Crippen LogP contribution >= 0.6 is 0 Å². The van der Waals surface area contributed by atoms with Gasteiger partial charge in [0.25, 0.3) is 0 Å². The number of pyridine rings is 1. The molecule has 5 aliphatic heterocycles. The largest absolute Gasteiger partial charge is 0.490 e. The van der Waals surface area contributed by atoms with Crippen LogP contribution in [0, 0.1) is 0 Å². The predicted molar refractivity (Wildman–Crippen MR) is 329 cm³/mol. The summed E-state index contributed by atoms with van der Waals surface area (Å²) in [5, 5.41) is 24.3. The van der Waals surface area contributed by atoms with Gasteiger partial charge in [-0.1, -0.05) is 141 Å². The first kappa shape index (κ1) is 59.6. The lowest BCUT2D eigenvalue weighted by Gasteiger charge is -2.29. The first-order chi connectivity index (χ1) is 39.7. The van der Waals surface area contributed by atoms with E-state index in [1.807, 2.05) is 84.9 Å². The van der Waals surface area contributed by atoms with Gasteiger partial charge in [0.05, 0.1) is 5.69 Å². The Morgan fingerprint density at radius 2 is 0.825 bits per heavy atom. The quantitative estimate of drug-likeness (QED) is 0.0782. The van der Waals surface area contributed by atoms with Crippen LogP contribution in [0.15, 0.2) is 182 Å². The van der Waals surface area contributed by atoms with Crippen molar-refractivity contribution in [3.8, 4) is 28.6 Å². The Morgan fingerprint density at radius 1 is 0.388 bits per heavy atom. The van der Waals surface area contributed by atoms with Crippen LogP contribution < -0.4 is 45.7 Å². The van der Waals surface area contributed by atoms with Crippen molar-refractivity contribution < 1.29 is 14.2 Å². The Morgan fingerprint density at radius 3 is 1.32 bits per heavy atom. The number of para-hydroxylation sites is 3. The zero-order chi connectivity index (χ0) is 54.8. The highest BCUT2D eigenvalue weighted by atomic mass is 16.5. The molecule has 1 aliphatic carbocycles. The molecule has 6 fully saturated rings. The van der Waals surface area contributed by atoms with Crippen LogP contribution in [0.25, 0.3) is 11.3 Å². The first-order valence-electron chi connectivity index (χ1n) is 30.2. The van der Waals surface area contributed by atoms with Crippen LogP contribution in [0.1, 0.15) is 107 Å². The van der Waals surface area contributed by atoms with Crippen LogP contribution in [0.2, 0.25) is 0 Å². The van der Waals surface area contributed by atoms with Gasteiger partial charge in [-0.3, -0.25) is 5.10 Å². The number of nitrogens with zero attached hydrogens (tertiary/aromatic N) is 3. The van der Waals surface area contributed by atoms with Gasteiger partial charge in [0.2, 0.25) is 5.88 Å². The number of ether oxygens (including phenoxy) is 3. The smallest absolute Gasteiger partial charge is 0.213 e. The van der Waals surface area contributed by atoms with E-state index in [1.165, 1.54) is 80.5 Å². The van der Waals surface area contributed by atoms with Crippen molar-refractivity contribution in [3.63, 3.8) is 0 Å². The number of piperidine rings is 4. The van der Waals surface area contributed by atoms with Crippen LogP contribution in [-0.4, -0.2) is 112 Å². The highest BCUT2D eigenvalue weighted by molar-refractivity contribution is 5.59. The molecular weight excluding hydrogens is 991 g/mol. The maximum Gasteiger partial charge on any atom is 0.213 e. The van der Waals surface area contributed by atoms with E-state index in [0.717, 1.165) is 133 Å². The first-order valence-corrected chi connectivity index (χ1v) is 30.2. The van der Waals surface area contributed by atoms with Gasteiger partial charge in [0, 0.05) is 61.3 Å². The van der Waals surface area contributed by atoms with E-state index < -0.39 is 0 Å². The molecule has 12 nitrogen and oxygen atoms in total. The van der Waals surface area contributed by atoms with E-state index in [2.05, 4.69) is 138 Å². The fourth-order valence-corrected chi connectivity index (χ4v) is 10.9. The summed E-state index contributed by atoms with van der Waals surface area (Å²) in [6.45, 7) is 13.3. The van der Waals surface area contributed by atoms with Gasteiger partial charge in [-0.05, 0) is 177 Å². The Hall–Kier alpha value is -6.54. The van der Waals surface area contributed by atoms with Crippen molar-refractivity contribution >= 4 is 5.69 Å². The lowest BCUT2D eigenvalue weighted by atomic mass is 9.87. The van der Waals surface area contributed by atoms with E-state index in [0.29, 0.717) is 24.2 Å². The number of hydrogen-bond donors (Lipinski definition) is 6. The second-order valence-corrected chi connectivity index (χ2v) is 21.4. The predicted octanol–water partition coefficient (Wildman–Crippen LogP) is 12.2. The highest BCUT2D eigenvalue weighted by Crippen LogP contribution is 2.33. The lowest BCUT2D eigenvalue weighted by molar-refractivity contribution is 0.156. The molecule has 5 aromatic carbocycles. The fourth-order valence-electron chi connectivity index (χ4n) is 10.9. The lowest BCUT2D eigenvalue weighted by Crippen LogP contribution is -2.43. The van der Waals surface area contributed by atoms with Gasteiger partial charge in [-0.2, -0.15) is 5.10 Å². The molecule has 13 rings (SSSR count). The molecule has 0 spiro atoms. The molecule has 7 aromatic rings. The van der Waals surface area contributed by atoms with Crippen LogP contribution in [0.3, 0.4) is 0 Å². The van der Waals surface area contributed by atoms with Crippen molar-refractivity contribution in [3.05, 3.63) is 193 Å². The maximum atomic E-state index is 5.82. The zero-order valence-corrected chi connectivity index (χ0v) is 47.5. The molecule has 2 aromatic heterocycles. The van der Waals surface area contributed by atoms with E-state index in [9.17, 15) is 0 Å². The van der Waals surface area contributed by atoms with Crippen LogP contribution in [0.4, 0.5) is 5.69 Å². The normalized spacial score (nSPS) is 18.2. The van der Waals surface area contributed by atoms with Gasteiger partial charge in [0.1, 0.15) is 29.8 Å². The van der Waals surface area contributed by atoms with E-state index in [4.69, 9.17) is 14.2 Å². The second-order valence-electron chi connectivity index (χ2n) is 21.4. The summed E-state index contributed by atoms with van der Waals surface area (Å²) in [5.41, 5.74) is 6.46. The van der Waals surface area contributed by atoms with Gasteiger partial charge in [-0.15, -0.1) is 0 Å². The highest BCUT2D eigenvalue weighted by Gasteiger charge is 2.19. The summed E-state index contributed by atoms with van der Waals surface area (Å²) in [6, 6.07) is 59.9. The molecule has 6 aliphatic rings. The topological polar surface area (TPSA) is 133 Å². The van der Waals surface area contributed by atoms with Gasteiger partial charge < -0.3 is 45.7 Å². The molecule has 0 bridgehead atoms. The molecule has 7 heterocycles. The number of aromatic amines is 1. The average molecular weight is 1080 g/mol. The molecule has 5 saturated heterocycles. The molecule has 0 unspecified atom stereocenters. The van der Waals surface area contributed by atoms with Gasteiger partial charge >= 0.3 is 0 Å². The standard InChI is InChI=1S/C15H18N2.2C11H15NO.C11H15N.C10H14N2O.C10H14N2/c1-3-7-12(8-4-1)14-11-15(17-16-14)13-9-5-2-6-10-13;2*1-2-4-10(5-3-1)13-11-6-8-12-9-7-11;1-2-4-10(5-3-1)11-6-8-12-9-7-11;1-2-6-12-10(3-1)13-9-4-7-11-8-5-9;1-2-4-10(5-3-1)12-8-6-11-7-9-12/h1,3-4,7-8,11,13H,2,5-6,9-10H2,(H,16,17);2*1-5,11-12H,6-9H2;1-5,11-12H,6-9H2;1-3,6,9,11H,4-5,7-8H2;1-5,11H,6-9H2.